The minimum Gasteiger partial charge on any atom is -0.334 e. The van der Waals surface area contributed by atoms with E-state index in [-0.39, 0.29) is 5.91 Å². The van der Waals surface area contributed by atoms with E-state index in [0.717, 1.165) is 12.8 Å². The van der Waals surface area contributed by atoms with Crippen molar-refractivity contribution >= 4 is 5.91 Å². The fourth-order valence-corrected chi connectivity index (χ4v) is 2.33. The monoisotopic (exact) mass is 281 g/mol. The van der Waals surface area contributed by atoms with Crippen molar-refractivity contribution in [2.75, 3.05) is 0 Å². The van der Waals surface area contributed by atoms with Crippen LogP contribution >= 0.6 is 0 Å². The van der Waals surface area contributed by atoms with E-state index in [9.17, 15) is 4.79 Å². The van der Waals surface area contributed by atoms with Crippen LogP contribution in [0.2, 0.25) is 0 Å². The Bertz CT molecular complexity index is 495. The van der Waals surface area contributed by atoms with Gasteiger partial charge in [0, 0.05) is 19.5 Å². The lowest BCUT2D eigenvalue weighted by molar-refractivity contribution is -0.132. The van der Waals surface area contributed by atoms with Gasteiger partial charge in [-0.25, -0.2) is 0 Å². The molecule has 110 valence electrons. The van der Waals surface area contributed by atoms with Crippen LogP contribution in [0.15, 0.2) is 60.7 Å². The Kier molecular flexibility index (Phi) is 6.01. The number of hydrogen-bond acceptors (Lipinski definition) is 1. The van der Waals surface area contributed by atoms with Gasteiger partial charge in [0.15, 0.2) is 0 Å². The molecule has 2 rings (SSSR count). The van der Waals surface area contributed by atoms with Crippen molar-refractivity contribution in [1.29, 1.82) is 0 Å². The van der Waals surface area contributed by atoms with Crippen molar-refractivity contribution in [3.63, 3.8) is 0 Å². The van der Waals surface area contributed by atoms with Gasteiger partial charge in [-0.3, -0.25) is 4.79 Å². The first-order valence-corrected chi connectivity index (χ1v) is 7.65. The van der Waals surface area contributed by atoms with Crippen molar-refractivity contribution in [3.05, 3.63) is 71.8 Å². The summed E-state index contributed by atoms with van der Waals surface area (Å²) in [6, 6.07) is 20.4. The van der Waals surface area contributed by atoms with Gasteiger partial charge in [0.2, 0.25) is 5.91 Å². The summed E-state index contributed by atoms with van der Waals surface area (Å²) >= 11 is 0. The van der Waals surface area contributed by atoms with Crippen LogP contribution in [0, 0.1) is 0 Å². The molecule has 1 amide bonds. The van der Waals surface area contributed by atoms with E-state index >= 15 is 0 Å². The predicted octanol–water partition coefficient (Wildman–Crippen LogP) is 4.41. The van der Waals surface area contributed by atoms with Crippen LogP contribution in [0.1, 0.15) is 37.3 Å². The number of amides is 1. The van der Waals surface area contributed by atoms with E-state index < -0.39 is 0 Å². The summed E-state index contributed by atoms with van der Waals surface area (Å²) in [5, 5.41) is 0. The molecule has 0 bridgehead atoms. The lowest BCUT2D eigenvalue weighted by Gasteiger charge is -2.23. The summed E-state index contributed by atoms with van der Waals surface area (Å²) in [6.45, 7) is 3.47. The third kappa shape index (κ3) is 5.07. The van der Waals surface area contributed by atoms with E-state index in [2.05, 4.69) is 31.2 Å². The van der Waals surface area contributed by atoms with Crippen LogP contribution in [-0.2, 0) is 17.9 Å². The number of rotatable bonds is 7. The van der Waals surface area contributed by atoms with Crippen molar-refractivity contribution in [2.45, 2.75) is 39.3 Å². The molecule has 2 nitrogen and oxygen atoms in total. The molecule has 0 spiro atoms. The van der Waals surface area contributed by atoms with Gasteiger partial charge < -0.3 is 4.90 Å². The van der Waals surface area contributed by atoms with Crippen LogP contribution in [0.3, 0.4) is 0 Å². The summed E-state index contributed by atoms with van der Waals surface area (Å²) < 4.78 is 0. The van der Waals surface area contributed by atoms with Gasteiger partial charge in [-0.2, -0.15) is 0 Å². The molecule has 0 unspecified atom stereocenters. The Morgan fingerprint density at radius 2 is 1.33 bits per heavy atom. The summed E-state index contributed by atoms with van der Waals surface area (Å²) in [6.07, 6.45) is 2.64. The lowest BCUT2D eigenvalue weighted by Crippen LogP contribution is -2.29. The molecule has 0 aliphatic heterocycles. The highest BCUT2D eigenvalue weighted by Crippen LogP contribution is 2.12. The first kappa shape index (κ1) is 15.3. The highest BCUT2D eigenvalue weighted by Gasteiger charge is 2.13. The Balaban J connectivity index is 2.08. The fraction of sp³-hybridized carbons (Fsp3) is 0.316. The summed E-state index contributed by atoms with van der Waals surface area (Å²) in [5.41, 5.74) is 2.36. The molecule has 0 radical (unpaired) electrons. The van der Waals surface area contributed by atoms with Gasteiger partial charge in [-0.05, 0) is 17.5 Å². The second-order valence-electron chi connectivity index (χ2n) is 5.32. The molecular formula is C19H23NO. The average Bonchev–Trinajstić information content (AvgIpc) is 2.54. The highest BCUT2D eigenvalue weighted by atomic mass is 16.2. The Hall–Kier alpha value is -2.09. The largest absolute Gasteiger partial charge is 0.334 e. The van der Waals surface area contributed by atoms with E-state index in [4.69, 9.17) is 0 Å². The van der Waals surface area contributed by atoms with Gasteiger partial charge >= 0.3 is 0 Å². The zero-order valence-electron chi connectivity index (χ0n) is 12.7. The van der Waals surface area contributed by atoms with Gasteiger partial charge in [-0.15, -0.1) is 0 Å². The topological polar surface area (TPSA) is 20.3 Å². The normalized spacial score (nSPS) is 10.3. The molecule has 0 aliphatic rings. The SMILES string of the molecule is CCCCC(=O)N(Cc1ccccc1)Cc1ccccc1. The molecular weight excluding hydrogens is 258 g/mol. The molecule has 0 saturated heterocycles. The average molecular weight is 281 g/mol. The first-order chi connectivity index (χ1) is 10.3. The summed E-state index contributed by atoms with van der Waals surface area (Å²) in [7, 11) is 0. The first-order valence-electron chi connectivity index (χ1n) is 7.65. The van der Waals surface area contributed by atoms with Crippen LogP contribution in [0.5, 0.6) is 0 Å². The number of carbonyl (C=O) groups excluding carboxylic acids is 1. The molecule has 2 aromatic rings. The second kappa shape index (κ2) is 8.25. The van der Waals surface area contributed by atoms with Gasteiger partial charge in [-0.1, -0.05) is 74.0 Å². The molecule has 21 heavy (non-hydrogen) atoms. The summed E-state index contributed by atoms with van der Waals surface area (Å²) in [5.74, 6) is 0.240. The number of hydrogen-bond donors (Lipinski definition) is 0. The third-order valence-corrected chi connectivity index (χ3v) is 3.53. The van der Waals surface area contributed by atoms with E-state index in [1.807, 2.05) is 41.3 Å². The Morgan fingerprint density at radius 1 is 0.857 bits per heavy atom. The quantitative estimate of drug-likeness (QED) is 0.736. The van der Waals surface area contributed by atoms with Crippen molar-refractivity contribution in [2.24, 2.45) is 0 Å². The van der Waals surface area contributed by atoms with Crippen LogP contribution in [0.4, 0.5) is 0 Å². The molecule has 2 heteroatoms. The maximum atomic E-state index is 12.4. The van der Waals surface area contributed by atoms with Gasteiger partial charge in [0.05, 0.1) is 0 Å². The predicted molar refractivity (Wildman–Crippen MR) is 86.7 cm³/mol. The molecule has 2 aromatic carbocycles. The lowest BCUT2D eigenvalue weighted by atomic mass is 10.1. The third-order valence-electron chi connectivity index (χ3n) is 3.53. The molecule has 0 N–H and O–H groups in total. The van der Waals surface area contributed by atoms with Crippen molar-refractivity contribution < 1.29 is 4.79 Å². The smallest absolute Gasteiger partial charge is 0.223 e. The van der Waals surface area contributed by atoms with Crippen LogP contribution < -0.4 is 0 Å². The summed E-state index contributed by atoms with van der Waals surface area (Å²) in [4.78, 5) is 14.4. The minimum absolute atomic E-state index is 0.240. The standard InChI is InChI=1S/C19H23NO/c1-2-3-14-19(21)20(15-17-10-6-4-7-11-17)16-18-12-8-5-9-13-18/h4-13H,2-3,14-16H2,1H3. The fourth-order valence-electron chi connectivity index (χ4n) is 2.33. The Labute approximate surface area is 127 Å². The van der Waals surface area contributed by atoms with Gasteiger partial charge in [0.25, 0.3) is 0 Å². The minimum atomic E-state index is 0.240. The molecule has 0 heterocycles. The van der Waals surface area contributed by atoms with Crippen LogP contribution in [0.25, 0.3) is 0 Å². The number of unbranched alkanes of at least 4 members (excludes halogenated alkanes) is 1. The van der Waals surface area contributed by atoms with Crippen LogP contribution in [-0.4, -0.2) is 10.8 Å². The van der Waals surface area contributed by atoms with E-state index in [1.165, 1.54) is 11.1 Å². The maximum Gasteiger partial charge on any atom is 0.223 e. The van der Waals surface area contributed by atoms with Crippen molar-refractivity contribution in [3.8, 4) is 0 Å². The molecule has 0 atom stereocenters. The number of benzene rings is 2. The number of carbonyl (C=O) groups is 1. The van der Waals surface area contributed by atoms with Crippen molar-refractivity contribution in [1.82, 2.24) is 4.90 Å². The van der Waals surface area contributed by atoms with Gasteiger partial charge in [0.1, 0.15) is 0 Å². The Morgan fingerprint density at radius 3 is 1.76 bits per heavy atom. The highest BCUT2D eigenvalue weighted by molar-refractivity contribution is 5.76. The van der Waals surface area contributed by atoms with E-state index in [0.29, 0.717) is 19.5 Å². The molecule has 0 aliphatic carbocycles. The number of nitrogens with zero attached hydrogens (tertiary/aromatic N) is 1. The maximum absolute atomic E-state index is 12.4. The molecule has 0 aromatic heterocycles. The zero-order chi connectivity index (χ0) is 14.9. The second-order valence-corrected chi connectivity index (χ2v) is 5.32. The molecule has 0 saturated carbocycles. The molecule has 0 fully saturated rings. The zero-order valence-corrected chi connectivity index (χ0v) is 12.7. The van der Waals surface area contributed by atoms with E-state index in [1.54, 1.807) is 0 Å².